The Balaban J connectivity index is 1.85. The Morgan fingerprint density at radius 2 is 1.73 bits per heavy atom. The molecule has 7 heteroatoms. The monoisotopic (exact) mass is 408 g/mol. The van der Waals surface area contributed by atoms with Crippen molar-refractivity contribution in [3.05, 3.63) is 78.3 Å². The predicted molar refractivity (Wildman–Crippen MR) is 113 cm³/mol. The Morgan fingerprint density at radius 1 is 1.00 bits per heavy atom. The summed E-state index contributed by atoms with van der Waals surface area (Å²) in [5.41, 5.74) is 1.54. The van der Waals surface area contributed by atoms with Crippen molar-refractivity contribution in [2.24, 2.45) is 0 Å². The number of anilines is 1. The van der Waals surface area contributed by atoms with Crippen molar-refractivity contribution < 1.29 is 23.5 Å². The summed E-state index contributed by atoms with van der Waals surface area (Å²) < 4.78 is 15.7. The molecule has 1 heterocycles. The van der Waals surface area contributed by atoms with Gasteiger partial charge in [0.15, 0.2) is 17.3 Å². The van der Waals surface area contributed by atoms with Gasteiger partial charge in [-0.3, -0.25) is 9.59 Å². The number of rotatable bonds is 8. The van der Waals surface area contributed by atoms with E-state index in [0.29, 0.717) is 23.6 Å². The molecular weight excluding hydrogens is 384 g/mol. The van der Waals surface area contributed by atoms with Gasteiger partial charge in [-0.1, -0.05) is 30.3 Å². The molecule has 1 unspecified atom stereocenters. The van der Waals surface area contributed by atoms with Crippen LogP contribution in [0.2, 0.25) is 0 Å². The maximum atomic E-state index is 13.3. The molecule has 0 aliphatic rings. The zero-order valence-corrected chi connectivity index (χ0v) is 17.1. The Kier molecular flexibility index (Phi) is 6.75. The lowest BCUT2D eigenvalue weighted by molar-refractivity contribution is -0.120. The van der Waals surface area contributed by atoms with Crippen molar-refractivity contribution >= 4 is 17.5 Å². The molecule has 0 aliphatic heterocycles. The van der Waals surface area contributed by atoms with E-state index in [4.69, 9.17) is 13.9 Å². The number of ether oxygens (including phenoxy) is 2. The van der Waals surface area contributed by atoms with Gasteiger partial charge < -0.3 is 24.1 Å². The topological polar surface area (TPSA) is 81.0 Å². The first-order valence-corrected chi connectivity index (χ1v) is 9.41. The number of nitrogens with one attached hydrogen (secondary N) is 1. The maximum absolute atomic E-state index is 13.3. The first-order valence-electron chi connectivity index (χ1n) is 9.41. The van der Waals surface area contributed by atoms with Crippen LogP contribution in [0.1, 0.15) is 16.1 Å². The summed E-state index contributed by atoms with van der Waals surface area (Å²) in [6.07, 6.45) is 1.75. The van der Waals surface area contributed by atoms with Crippen LogP contribution in [0, 0.1) is 0 Å². The summed E-state index contributed by atoms with van der Waals surface area (Å²) >= 11 is 0. The van der Waals surface area contributed by atoms with Gasteiger partial charge in [0.2, 0.25) is 5.91 Å². The number of hydrogen-bond acceptors (Lipinski definition) is 5. The molecule has 0 saturated heterocycles. The number of amides is 2. The number of hydrogen-bond donors (Lipinski definition) is 1. The molecule has 2 amide bonds. The lowest BCUT2D eigenvalue weighted by atomic mass is 10.0. The van der Waals surface area contributed by atoms with Crippen LogP contribution >= 0.6 is 0 Å². The Labute approximate surface area is 175 Å². The minimum Gasteiger partial charge on any atom is -0.493 e. The number of likely N-dealkylation sites (N-methyl/N-ethyl adjacent to an activating group) is 1. The SMILES string of the molecule is COc1ccc(N(C)C(=O)C(Cc2ccccc2)NC(=O)c2ccco2)cc1OC. The van der Waals surface area contributed by atoms with E-state index in [2.05, 4.69) is 5.32 Å². The minimum absolute atomic E-state index is 0.148. The third kappa shape index (κ3) is 4.81. The van der Waals surface area contributed by atoms with E-state index < -0.39 is 11.9 Å². The molecule has 30 heavy (non-hydrogen) atoms. The fourth-order valence-corrected chi connectivity index (χ4v) is 3.08. The normalized spacial score (nSPS) is 11.4. The highest BCUT2D eigenvalue weighted by molar-refractivity contribution is 6.01. The molecule has 1 aromatic heterocycles. The van der Waals surface area contributed by atoms with Crippen LogP contribution in [0.5, 0.6) is 11.5 Å². The van der Waals surface area contributed by atoms with Crippen molar-refractivity contribution in [3.8, 4) is 11.5 Å². The highest BCUT2D eigenvalue weighted by atomic mass is 16.5. The van der Waals surface area contributed by atoms with E-state index in [1.165, 1.54) is 18.3 Å². The van der Waals surface area contributed by atoms with Crippen molar-refractivity contribution in [3.63, 3.8) is 0 Å². The van der Waals surface area contributed by atoms with E-state index in [0.717, 1.165) is 5.56 Å². The number of nitrogens with zero attached hydrogens (tertiary/aromatic N) is 1. The molecule has 0 aliphatic carbocycles. The zero-order valence-electron chi connectivity index (χ0n) is 17.1. The molecule has 0 bridgehead atoms. The summed E-state index contributed by atoms with van der Waals surface area (Å²) in [5.74, 6) is 0.499. The summed E-state index contributed by atoms with van der Waals surface area (Å²) in [4.78, 5) is 27.3. The number of carbonyl (C=O) groups is 2. The molecule has 3 rings (SSSR count). The van der Waals surface area contributed by atoms with Gasteiger partial charge in [0.1, 0.15) is 6.04 Å². The van der Waals surface area contributed by atoms with Crippen LogP contribution in [0.3, 0.4) is 0 Å². The second-order valence-corrected chi connectivity index (χ2v) is 6.63. The van der Waals surface area contributed by atoms with E-state index in [9.17, 15) is 9.59 Å². The molecular formula is C23H24N2O5. The Hall–Kier alpha value is -3.74. The highest BCUT2D eigenvalue weighted by Crippen LogP contribution is 2.31. The number of benzene rings is 2. The summed E-state index contributed by atoms with van der Waals surface area (Å²) in [7, 11) is 4.73. The largest absolute Gasteiger partial charge is 0.493 e. The molecule has 7 nitrogen and oxygen atoms in total. The van der Waals surface area contributed by atoms with Gasteiger partial charge in [-0.05, 0) is 29.8 Å². The van der Waals surface area contributed by atoms with E-state index in [-0.39, 0.29) is 11.7 Å². The van der Waals surface area contributed by atoms with Gasteiger partial charge in [0, 0.05) is 25.2 Å². The van der Waals surface area contributed by atoms with Crippen molar-refractivity contribution in [2.75, 3.05) is 26.2 Å². The van der Waals surface area contributed by atoms with Crippen LogP contribution in [0.25, 0.3) is 0 Å². The number of methoxy groups -OCH3 is 2. The number of furan rings is 1. The summed E-state index contributed by atoms with van der Waals surface area (Å²) in [5, 5.41) is 2.79. The van der Waals surface area contributed by atoms with Crippen LogP contribution in [-0.2, 0) is 11.2 Å². The van der Waals surface area contributed by atoms with E-state index in [1.807, 2.05) is 30.3 Å². The first-order chi connectivity index (χ1) is 14.5. The Morgan fingerprint density at radius 3 is 2.37 bits per heavy atom. The van der Waals surface area contributed by atoms with Crippen LogP contribution in [0.4, 0.5) is 5.69 Å². The third-order valence-electron chi connectivity index (χ3n) is 4.72. The average molecular weight is 408 g/mol. The maximum Gasteiger partial charge on any atom is 0.287 e. The van der Waals surface area contributed by atoms with Gasteiger partial charge in [0.25, 0.3) is 5.91 Å². The van der Waals surface area contributed by atoms with Crippen molar-refractivity contribution in [1.29, 1.82) is 0 Å². The highest BCUT2D eigenvalue weighted by Gasteiger charge is 2.27. The smallest absolute Gasteiger partial charge is 0.287 e. The molecule has 0 saturated carbocycles. The molecule has 2 aromatic carbocycles. The lowest BCUT2D eigenvalue weighted by Crippen LogP contribution is -2.48. The molecule has 1 atom stereocenters. The fourth-order valence-electron chi connectivity index (χ4n) is 3.08. The lowest BCUT2D eigenvalue weighted by Gasteiger charge is -2.25. The second-order valence-electron chi connectivity index (χ2n) is 6.63. The van der Waals surface area contributed by atoms with Gasteiger partial charge in [-0.25, -0.2) is 0 Å². The fraction of sp³-hybridized carbons (Fsp3) is 0.217. The van der Waals surface area contributed by atoms with Crippen LogP contribution < -0.4 is 19.7 Å². The van der Waals surface area contributed by atoms with Gasteiger partial charge in [-0.15, -0.1) is 0 Å². The molecule has 1 N–H and O–H groups in total. The van der Waals surface area contributed by atoms with E-state index >= 15 is 0 Å². The summed E-state index contributed by atoms with van der Waals surface area (Å²) in [6, 6.07) is 17.1. The average Bonchev–Trinajstić information content (AvgIpc) is 3.33. The van der Waals surface area contributed by atoms with Crippen molar-refractivity contribution in [1.82, 2.24) is 5.32 Å². The Bertz CT molecular complexity index is 986. The number of carbonyl (C=O) groups excluding carboxylic acids is 2. The molecule has 0 radical (unpaired) electrons. The van der Waals surface area contributed by atoms with Gasteiger partial charge in [0.05, 0.1) is 20.5 Å². The first kappa shape index (κ1) is 21.0. The third-order valence-corrected chi connectivity index (χ3v) is 4.72. The van der Waals surface area contributed by atoms with Crippen LogP contribution in [0.15, 0.2) is 71.3 Å². The molecule has 0 fully saturated rings. The minimum atomic E-state index is -0.789. The zero-order chi connectivity index (χ0) is 21.5. The summed E-state index contributed by atoms with van der Waals surface area (Å²) in [6.45, 7) is 0. The van der Waals surface area contributed by atoms with Gasteiger partial charge >= 0.3 is 0 Å². The predicted octanol–water partition coefficient (Wildman–Crippen LogP) is 3.30. The van der Waals surface area contributed by atoms with Gasteiger partial charge in [-0.2, -0.15) is 0 Å². The molecule has 0 spiro atoms. The van der Waals surface area contributed by atoms with Crippen LogP contribution in [-0.4, -0.2) is 39.1 Å². The van der Waals surface area contributed by atoms with E-state index in [1.54, 1.807) is 44.5 Å². The second kappa shape index (κ2) is 9.65. The van der Waals surface area contributed by atoms with Crippen molar-refractivity contribution in [2.45, 2.75) is 12.5 Å². The molecule has 3 aromatic rings. The standard InChI is InChI=1S/C23H24N2O5/c1-25(17-11-12-19(28-2)21(15-17)29-3)23(27)18(14-16-8-5-4-6-9-16)24-22(26)20-10-7-13-30-20/h4-13,15,18H,14H2,1-3H3,(H,24,26). The quantitative estimate of drug-likeness (QED) is 0.619. The molecule has 156 valence electrons.